The SMILES string of the molecule is Cc1nnc(C=Cc2cccnc2)o1. The predicted octanol–water partition coefficient (Wildman–Crippen LogP) is 1.94. The van der Waals surface area contributed by atoms with Crippen LogP contribution in [-0.2, 0) is 0 Å². The van der Waals surface area contributed by atoms with Gasteiger partial charge < -0.3 is 4.42 Å². The Labute approximate surface area is 81.3 Å². The smallest absolute Gasteiger partial charge is 0.240 e. The second kappa shape index (κ2) is 3.83. The molecule has 0 amide bonds. The van der Waals surface area contributed by atoms with Gasteiger partial charge in [-0.25, -0.2) is 0 Å². The van der Waals surface area contributed by atoms with E-state index in [0.717, 1.165) is 5.56 Å². The zero-order valence-electron chi connectivity index (χ0n) is 7.71. The van der Waals surface area contributed by atoms with Gasteiger partial charge in [-0.3, -0.25) is 4.98 Å². The number of aryl methyl sites for hydroxylation is 1. The molecule has 0 radical (unpaired) electrons. The molecule has 0 saturated heterocycles. The molecule has 0 aliphatic carbocycles. The second-order valence-electron chi connectivity index (χ2n) is 2.78. The maximum absolute atomic E-state index is 5.18. The van der Waals surface area contributed by atoms with E-state index < -0.39 is 0 Å². The van der Waals surface area contributed by atoms with Crippen molar-refractivity contribution in [2.24, 2.45) is 0 Å². The molecule has 0 aliphatic rings. The molecular weight excluding hydrogens is 178 g/mol. The Kier molecular flexibility index (Phi) is 2.36. The first kappa shape index (κ1) is 8.62. The number of nitrogens with zero attached hydrogens (tertiary/aromatic N) is 3. The summed E-state index contributed by atoms with van der Waals surface area (Å²) in [6, 6.07) is 3.82. The van der Waals surface area contributed by atoms with Gasteiger partial charge in [0.15, 0.2) is 0 Å². The summed E-state index contributed by atoms with van der Waals surface area (Å²) in [5.41, 5.74) is 1.00. The molecule has 2 heterocycles. The van der Waals surface area contributed by atoms with Gasteiger partial charge in [0.05, 0.1) is 0 Å². The molecule has 0 unspecified atom stereocenters. The summed E-state index contributed by atoms with van der Waals surface area (Å²) in [6.07, 6.45) is 7.13. The third-order valence-electron chi connectivity index (χ3n) is 1.64. The van der Waals surface area contributed by atoms with Crippen molar-refractivity contribution < 1.29 is 4.42 Å². The quantitative estimate of drug-likeness (QED) is 0.721. The Bertz CT molecular complexity index is 434. The van der Waals surface area contributed by atoms with Crippen LogP contribution in [0.5, 0.6) is 0 Å². The van der Waals surface area contributed by atoms with Crippen LogP contribution in [0.4, 0.5) is 0 Å². The lowest BCUT2D eigenvalue weighted by Crippen LogP contribution is -1.74. The van der Waals surface area contributed by atoms with E-state index in [9.17, 15) is 0 Å². The first-order chi connectivity index (χ1) is 6.84. The number of hydrogen-bond acceptors (Lipinski definition) is 4. The van der Waals surface area contributed by atoms with Crippen molar-refractivity contribution in [1.29, 1.82) is 0 Å². The number of aromatic nitrogens is 3. The maximum Gasteiger partial charge on any atom is 0.240 e. The summed E-state index contributed by atoms with van der Waals surface area (Å²) in [5, 5.41) is 7.55. The normalized spacial score (nSPS) is 10.9. The number of hydrogen-bond donors (Lipinski definition) is 0. The summed E-state index contributed by atoms with van der Waals surface area (Å²) in [5.74, 6) is 1.07. The molecule has 0 spiro atoms. The second-order valence-corrected chi connectivity index (χ2v) is 2.78. The summed E-state index contributed by atoms with van der Waals surface area (Å²) >= 11 is 0. The van der Waals surface area contributed by atoms with Crippen LogP contribution < -0.4 is 0 Å². The molecule has 0 bridgehead atoms. The van der Waals surface area contributed by atoms with E-state index >= 15 is 0 Å². The summed E-state index contributed by atoms with van der Waals surface area (Å²) in [4.78, 5) is 3.98. The van der Waals surface area contributed by atoms with Gasteiger partial charge in [-0.05, 0) is 17.7 Å². The molecule has 4 heteroatoms. The molecule has 70 valence electrons. The van der Waals surface area contributed by atoms with E-state index in [1.165, 1.54) is 0 Å². The van der Waals surface area contributed by atoms with E-state index in [2.05, 4.69) is 15.2 Å². The highest BCUT2D eigenvalue weighted by Gasteiger charge is 1.95. The van der Waals surface area contributed by atoms with E-state index in [1.807, 2.05) is 18.2 Å². The molecule has 2 aromatic heterocycles. The van der Waals surface area contributed by atoms with E-state index in [1.54, 1.807) is 25.4 Å². The van der Waals surface area contributed by atoms with Gasteiger partial charge in [-0.15, -0.1) is 10.2 Å². The van der Waals surface area contributed by atoms with E-state index in [4.69, 9.17) is 4.42 Å². The standard InChI is InChI=1S/C10H9N3O/c1-8-12-13-10(14-8)5-4-9-3-2-6-11-7-9/h2-7H,1H3. The first-order valence-corrected chi connectivity index (χ1v) is 4.23. The monoisotopic (exact) mass is 187 g/mol. The van der Waals surface area contributed by atoms with Crippen LogP contribution in [-0.4, -0.2) is 15.2 Å². The maximum atomic E-state index is 5.18. The van der Waals surface area contributed by atoms with Crippen LogP contribution in [0.3, 0.4) is 0 Å². The Hall–Kier alpha value is -1.97. The van der Waals surface area contributed by atoms with Gasteiger partial charge in [0.25, 0.3) is 0 Å². The highest BCUT2D eigenvalue weighted by Crippen LogP contribution is 2.05. The lowest BCUT2D eigenvalue weighted by molar-refractivity contribution is 0.510. The Morgan fingerprint density at radius 2 is 2.21 bits per heavy atom. The Balaban J connectivity index is 2.15. The largest absolute Gasteiger partial charge is 0.422 e. The number of rotatable bonds is 2. The minimum absolute atomic E-state index is 0.506. The molecule has 0 aliphatic heterocycles. The van der Waals surface area contributed by atoms with Crippen molar-refractivity contribution in [2.75, 3.05) is 0 Å². The third-order valence-corrected chi connectivity index (χ3v) is 1.64. The van der Waals surface area contributed by atoms with Crippen LogP contribution in [0, 0.1) is 6.92 Å². The molecule has 14 heavy (non-hydrogen) atoms. The summed E-state index contributed by atoms with van der Waals surface area (Å²) in [6.45, 7) is 1.76. The summed E-state index contributed by atoms with van der Waals surface area (Å²) in [7, 11) is 0. The van der Waals surface area contributed by atoms with Crippen molar-refractivity contribution in [3.05, 3.63) is 41.9 Å². The van der Waals surface area contributed by atoms with Crippen molar-refractivity contribution in [2.45, 2.75) is 6.92 Å². The molecule has 0 saturated carbocycles. The van der Waals surface area contributed by atoms with Crippen molar-refractivity contribution >= 4 is 12.2 Å². The van der Waals surface area contributed by atoms with Crippen LogP contribution >= 0.6 is 0 Å². The third kappa shape index (κ3) is 2.04. The first-order valence-electron chi connectivity index (χ1n) is 4.23. The predicted molar refractivity (Wildman–Crippen MR) is 52.2 cm³/mol. The van der Waals surface area contributed by atoms with Crippen LogP contribution in [0.2, 0.25) is 0 Å². The highest BCUT2D eigenvalue weighted by atomic mass is 16.4. The molecule has 2 rings (SSSR count). The molecular formula is C10H9N3O. The lowest BCUT2D eigenvalue weighted by atomic mass is 10.2. The van der Waals surface area contributed by atoms with Crippen molar-refractivity contribution in [1.82, 2.24) is 15.2 Å². The minimum atomic E-state index is 0.506. The fraction of sp³-hybridized carbons (Fsp3) is 0.100. The highest BCUT2D eigenvalue weighted by molar-refractivity contribution is 5.65. The molecule has 0 N–H and O–H groups in total. The molecule has 0 atom stereocenters. The van der Waals surface area contributed by atoms with Crippen LogP contribution in [0.25, 0.3) is 12.2 Å². The van der Waals surface area contributed by atoms with Gasteiger partial charge >= 0.3 is 0 Å². The summed E-state index contributed by atoms with van der Waals surface area (Å²) < 4.78 is 5.18. The van der Waals surface area contributed by atoms with E-state index in [-0.39, 0.29) is 0 Å². The fourth-order valence-corrected chi connectivity index (χ4v) is 1.02. The van der Waals surface area contributed by atoms with Gasteiger partial charge in [0, 0.05) is 25.4 Å². The average Bonchev–Trinajstić information content (AvgIpc) is 2.63. The molecule has 4 nitrogen and oxygen atoms in total. The van der Waals surface area contributed by atoms with Crippen LogP contribution in [0.1, 0.15) is 17.3 Å². The van der Waals surface area contributed by atoms with Crippen molar-refractivity contribution in [3.8, 4) is 0 Å². The van der Waals surface area contributed by atoms with Gasteiger partial charge in [0.1, 0.15) is 0 Å². The Morgan fingerprint density at radius 3 is 2.86 bits per heavy atom. The van der Waals surface area contributed by atoms with Crippen molar-refractivity contribution in [3.63, 3.8) is 0 Å². The Morgan fingerprint density at radius 1 is 1.29 bits per heavy atom. The van der Waals surface area contributed by atoms with Crippen LogP contribution in [0.15, 0.2) is 28.9 Å². The molecule has 0 aromatic carbocycles. The van der Waals surface area contributed by atoms with Gasteiger partial charge in [-0.1, -0.05) is 6.07 Å². The van der Waals surface area contributed by atoms with Gasteiger partial charge in [-0.2, -0.15) is 0 Å². The molecule has 0 fully saturated rings. The topological polar surface area (TPSA) is 51.8 Å². The number of pyridine rings is 1. The zero-order valence-corrected chi connectivity index (χ0v) is 7.71. The van der Waals surface area contributed by atoms with E-state index in [0.29, 0.717) is 11.8 Å². The fourth-order valence-electron chi connectivity index (χ4n) is 1.02. The average molecular weight is 187 g/mol. The lowest BCUT2D eigenvalue weighted by Gasteiger charge is -1.87. The minimum Gasteiger partial charge on any atom is -0.422 e. The molecule has 2 aromatic rings. The van der Waals surface area contributed by atoms with Gasteiger partial charge in [0.2, 0.25) is 11.8 Å². The zero-order chi connectivity index (χ0) is 9.80.